The van der Waals surface area contributed by atoms with Gasteiger partial charge in [0.05, 0.1) is 28.2 Å². The van der Waals surface area contributed by atoms with Crippen LogP contribution in [0.15, 0.2) is 54.7 Å². The lowest BCUT2D eigenvalue weighted by Gasteiger charge is -2.18. The summed E-state index contributed by atoms with van der Waals surface area (Å²) >= 11 is 0. The van der Waals surface area contributed by atoms with Gasteiger partial charge in [-0.25, -0.2) is 4.98 Å². The number of anilines is 2. The van der Waals surface area contributed by atoms with Crippen molar-refractivity contribution in [3.63, 3.8) is 0 Å². The van der Waals surface area contributed by atoms with Crippen molar-refractivity contribution in [3.05, 3.63) is 66.0 Å². The number of hydrogen-bond acceptors (Lipinski definition) is 5. The average molecular weight is 413 g/mol. The Morgan fingerprint density at radius 3 is 2.84 bits per heavy atom. The van der Waals surface area contributed by atoms with Gasteiger partial charge >= 0.3 is 0 Å². The molecule has 1 aliphatic rings. The van der Waals surface area contributed by atoms with E-state index in [-0.39, 0.29) is 18.4 Å². The highest BCUT2D eigenvalue weighted by atomic mass is 16.5. The van der Waals surface area contributed by atoms with Crippen molar-refractivity contribution in [2.75, 3.05) is 17.2 Å². The molecule has 2 N–H and O–H groups in total. The molecule has 3 heterocycles. The molecule has 0 spiro atoms. The predicted molar refractivity (Wildman–Crippen MR) is 117 cm³/mol. The van der Waals surface area contributed by atoms with Crippen molar-refractivity contribution in [3.8, 4) is 17.0 Å². The summed E-state index contributed by atoms with van der Waals surface area (Å²) in [6.07, 6.45) is 1.89. The summed E-state index contributed by atoms with van der Waals surface area (Å²) in [5.74, 6) is 0.0515. The summed E-state index contributed by atoms with van der Waals surface area (Å²) in [5, 5.41) is 10.8. The first-order valence-electron chi connectivity index (χ1n) is 9.76. The molecule has 31 heavy (non-hydrogen) atoms. The normalized spacial score (nSPS) is 12.8. The zero-order valence-corrected chi connectivity index (χ0v) is 17.0. The number of carbonyl (C=O) groups is 2. The minimum Gasteiger partial charge on any atom is -0.482 e. The van der Waals surface area contributed by atoms with Crippen molar-refractivity contribution in [1.82, 2.24) is 14.8 Å². The second-order valence-electron chi connectivity index (χ2n) is 7.38. The van der Waals surface area contributed by atoms with Gasteiger partial charge in [-0.1, -0.05) is 18.2 Å². The van der Waals surface area contributed by atoms with Crippen LogP contribution in [0.25, 0.3) is 22.2 Å². The molecule has 5 rings (SSSR count). The van der Waals surface area contributed by atoms with Gasteiger partial charge in [-0.05, 0) is 31.2 Å². The molecule has 0 saturated carbocycles. The van der Waals surface area contributed by atoms with Gasteiger partial charge in [-0.15, -0.1) is 0 Å². The Morgan fingerprint density at radius 1 is 1.19 bits per heavy atom. The van der Waals surface area contributed by atoms with E-state index >= 15 is 0 Å². The molecule has 154 valence electrons. The first kappa shape index (κ1) is 18.8. The maximum absolute atomic E-state index is 13.3. The lowest BCUT2D eigenvalue weighted by molar-refractivity contribution is -0.118. The number of pyridine rings is 1. The van der Waals surface area contributed by atoms with Crippen LogP contribution in [0, 0.1) is 6.92 Å². The van der Waals surface area contributed by atoms with Crippen molar-refractivity contribution < 1.29 is 14.3 Å². The summed E-state index contributed by atoms with van der Waals surface area (Å²) in [7, 11) is 1.85. The number of amides is 2. The van der Waals surface area contributed by atoms with Gasteiger partial charge in [0.1, 0.15) is 5.75 Å². The van der Waals surface area contributed by atoms with Crippen LogP contribution in [-0.2, 0) is 11.8 Å². The molecule has 1 aliphatic heterocycles. The van der Waals surface area contributed by atoms with Gasteiger partial charge in [0.2, 0.25) is 0 Å². The van der Waals surface area contributed by atoms with E-state index in [9.17, 15) is 9.59 Å². The van der Waals surface area contributed by atoms with E-state index in [1.54, 1.807) is 28.9 Å². The van der Waals surface area contributed by atoms with E-state index in [1.165, 1.54) is 0 Å². The molecule has 8 heteroatoms. The van der Waals surface area contributed by atoms with Gasteiger partial charge in [0, 0.05) is 35.9 Å². The van der Waals surface area contributed by atoms with Gasteiger partial charge in [-0.2, -0.15) is 5.10 Å². The van der Waals surface area contributed by atoms with Crippen LogP contribution in [0.5, 0.6) is 5.75 Å². The molecule has 2 aromatic heterocycles. The summed E-state index contributed by atoms with van der Waals surface area (Å²) in [6.45, 7) is 1.87. The third kappa shape index (κ3) is 3.48. The minimum absolute atomic E-state index is 0.0484. The largest absolute Gasteiger partial charge is 0.482 e. The van der Waals surface area contributed by atoms with E-state index in [4.69, 9.17) is 9.72 Å². The van der Waals surface area contributed by atoms with Crippen LogP contribution < -0.4 is 15.4 Å². The van der Waals surface area contributed by atoms with Gasteiger partial charge in [-0.3, -0.25) is 14.3 Å². The zero-order chi connectivity index (χ0) is 21.5. The highest BCUT2D eigenvalue weighted by Crippen LogP contribution is 2.31. The molecule has 0 aliphatic carbocycles. The smallest absolute Gasteiger partial charge is 0.262 e. The van der Waals surface area contributed by atoms with E-state index in [0.29, 0.717) is 28.4 Å². The fourth-order valence-electron chi connectivity index (χ4n) is 3.70. The van der Waals surface area contributed by atoms with E-state index in [1.807, 2.05) is 44.4 Å². The van der Waals surface area contributed by atoms with Crippen molar-refractivity contribution in [2.24, 2.45) is 7.05 Å². The molecular formula is C23H19N5O3. The second kappa shape index (κ2) is 7.24. The lowest BCUT2D eigenvalue weighted by atomic mass is 10.0. The number of ether oxygens (including phenoxy) is 1. The minimum atomic E-state index is -0.263. The monoisotopic (exact) mass is 413 g/mol. The number of carbonyl (C=O) groups excluding carboxylic acids is 2. The van der Waals surface area contributed by atoms with Crippen LogP contribution in [0.3, 0.4) is 0 Å². The Kier molecular flexibility index (Phi) is 4.39. The van der Waals surface area contributed by atoms with Crippen LogP contribution in [0.4, 0.5) is 11.4 Å². The topological polar surface area (TPSA) is 98.1 Å². The zero-order valence-electron chi connectivity index (χ0n) is 17.0. The molecule has 0 bridgehead atoms. The predicted octanol–water partition coefficient (Wildman–Crippen LogP) is 3.53. The quantitative estimate of drug-likeness (QED) is 0.535. The first-order valence-corrected chi connectivity index (χ1v) is 9.76. The van der Waals surface area contributed by atoms with Crippen molar-refractivity contribution in [1.29, 1.82) is 0 Å². The molecule has 0 saturated heterocycles. The third-order valence-electron chi connectivity index (χ3n) is 5.12. The molecule has 8 nitrogen and oxygen atoms in total. The summed E-state index contributed by atoms with van der Waals surface area (Å²) in [4.78, 5) is 29.4. The van der Waals surface area contributed by atoms with E-state index in [2.05, 4.69) is 15.7 Å². The van der Waals surface area contributed by atoms with Gasteiger partial charge in [0.25, 0.3) is 11.8 Å². The Balaban J connectivity index is 1.54. The fourth-order valence-corrected chi connectivity index (χ4v) is 3.70. The maximum atomic E-state index is 13.3. The van der Waals surface area contributed by atoms with Gasteiger partial charge in [0.15, 0.2) is 6.61 Å². The van der Waals surface area contributed by atoms with Crippen molar-refractivity contribution in [2.45, 2.75) is 6.92 Å². The molecule has 2 amide bonds. The van der Waals surface area contributed by atoms with Gasteiger partial charge < -0.3 is 15.4 Å². The number of benzene rings is 2. The first-order chi connectivity index (χ1) is 15.0. The maximum Gasteiger partial charge on any atom is 0.262 e. The number of para-hydroxylation sites is 1. The highest BCUT2D eigenvalue weighted by molar-refractivity contribution is 6.13. The molecule has 0 atom stereocenters. The summed E-state index contributed by atoms with van der Waals surface area (Å²) in [6, 6.07) is 14.5. The number of fused-ring (bicyclic) bond motifs is 2. The average Bonchev–Trinajstić information content (AvgIpc) is 3.11. The third-order valence-corrected chi connectivity index (χ3v) is 5.12. The molecular weight excluding hydrogens is 394 g/mol. The Hall–Kier alpha value is -4.20. The highest BCUT2D eigenvalue weighted by Gasteiger charge is 2.19. The molecule has 2 aromatic carbocycles. The summed E-state index contributed by atoms with van der Waals surface area (Å²) in [5.41, 5.74) is 4.79. The fraction of sp³-hybridized carbons (Fsp3) is 0.130. The Labute approximate surface area is 177 Å². The van der Waals surface area contributed by atoms with Crippen LogP contribution >= 0.6 is 0 Å². The van der Waals surface area contributed by atoms with Crippen molar-refractivity contribution >= 4 is 34.1 Å². The van der Waals surface area contributed by atoms with Crippen LogP contribution in [0.2, 0.25) is 0 Å². The Morgan fingerprint density at radius 2 is 2.03 bits per heavy atom. The van der Waals surface area contributed by atoms with E-state index < -0.39 is 0 Å². The van der Waals surface area contributed by atoms with Crippen LogP contribution in [-0.4, -0.2) is 33.2 Å². The van der Waals surface area contributed by atoms with E-state index in [0.717, 1.165) is 22.2 Å². The number of nitrogens with one attached hydrogen (secondary N) is 2. The number of hydrogen-bond donors (Lipinski definition) is 2. The molecule has 4 aromatic rings. The molecule has 0 radical (unpaired) electrons. The second-order valence-corrected chi connectivity index (χ2v) is 7.38. The number of aromatic nitrogens is 3. The standard InChI is InChI=1S/C23H19N5O3/c1-13-17(11-28(2)27-13)20-10-16(15-5-3-4-6-18(15)25-20)23(30)24-14-7-8-19-21(9-14)31-12-22(29)26-19/h3-11H,12H2,1-2H3,(H,24,30)(H,26,29). The molecule has 0 unspecified atom stereocenters. The lowest BCUT2D eigenvalue weighted by Crippen LogP contribution is -2.25. The number of nitrogens with zero attached hydrogens (tertiary/aromatic N) is 3. The van der Waals surface area contributed by atoms with Crippen LogP contribution in [0.1, 0.15) is 16.1 Å². The number of rotatable bonds is 3. The summed E-state index contributed by atoms with van der Waals surface area (Å²) < 4.78 is 7.17. The SMILES string of the molecule is Cc1nn(C)cc1-c1cc(C(=O)Nc2ccc3c(c2)OCC(=O)N3)c2ccccc2n1. The Bertz CT molecular complexity index is 1360. The molecule has 0 fully saturated rings. The number of aryl methyl sites for hydroxylation is 2.